The van der Waals surface area contributed by atoms with Gasteiger partial charge < -0.3 is 24.3 Å². The normalized spacial score (nSPS) is 16.0. The number of benzene rings is 2. The van der Waals surface area contributed by atoms with Gasteiger partial charge in [-0.05, 0) is 29.8 Å². The number of nitrogens with one attached hydrogen (secondary N) is 1. The Morgan fingerprint density at radius 2 is 1.83 bits per heavy atom. The van der Waals surface area contributed by atoms with Gasteiger partial charge in [-0.1, -0.05) is 18.2 Å². The van der Waals surface area contributed by atoms with E-state index in [1.165, 1.54) is 0 Å². The van der Waals surface area contributed by atoms with Crippen molar-refractivity contribution in [3.05, 3.63) is 48.0 Å². The number of fused-ring (bicyclic) bond motifs is 1. The summed E-state index contributed by atoms with van der Waals surface area (Å²) in [5, 5.41) is 3.39. The monoisotopic (exact) mass is 315 g/mol. The van der Waals surface area contributed by atoms with Crippen molar-refractivity contribution in [2.24, 2.45) is 0 Å². The number of ether oxygens (including phenoxy) is 4. The SMILES string of the molecule is COc1ccc(CNCC2COc3ccccc3O2)cc1OC. The van der Waals surface area contributed by atoms with Crippen molar-refractivity contribution in [3.8, 4) is 23.0 Å². The second-order valence-electron chi connectivity index (χ2n) is 5.32. The van der Waals surface area contributed by atoms with Gasteiger partial charge in [0.1, 0.15) is 12.7 Å². The first kappa shape index (κ1) is 15.5. The maximum atomic E-state index is 5.92. The lowest BCUT2D eigenvalue weighted by atomic mass is 10.2. The first-order valence-corrected chi connectivity index (χ1v) is 7.60. The molecule has 23 heavy (non-hydrogen) atoms. The summed E-state index contributed by atoms with van der Waals surface area (Å²) in [4.78, 5) is 0. The number of hydrogen-bond donors (Lipinski definition) is 1. The van der Waals surface area contributed by atoms with E-state index in [0.717, 1.165) is 35.1 Å². The maximum absolute atomic E-state index is 5.92. The fraction of sp³-hybridized carbons (Fsp3) is 0.333. The van der Waals surface area contributed by atoms with E-state index in [4.69, 9.17) is 18.9 Å². The van der Waals surface area contributed by atoms with E-state index >= 15 is 0 Å². The molecule has 1 N–H and O–H groups in total. The summed E-state index contributed by atoms with van der Waals surface area (Å²) < 4.78 is 22.2. The van der Waals surface area contributed by atoms with E-state index in [1.54, 1.807) is 14.2 Å². The van der Waals surface area contributed by atoms with Crippen molar-refractivity contribution < 1.29 is 18.9 Å². The van der Waals surface area contributed by atoms with Crippen LogP contribution in [0.4, 0.5) is 0 Å². The van der Waals surface area contributed by atoms with Crippen LogP contribution in [0.25, 0.3) is 0 Å². The Hall–Kier alpha value is -2.40. The molecule has 2 aromatic carbocycles. The molecule has 0 saturated heterocycles. The van der Waals surface area contributed by atoms with Crippen LogP contribution in [0.5, 0.6) is 23.0 Å². The smallest absolute Gasteiger partial charge is 0.161 e. The van der Waals surface area contributed by atoms with Crippen molar-refractivity contribution in [2.45, 2.75) is 12.6 Å². The van der Waals surface area contributed by atoms with Crippen molar-refractivity contribution in [2.75, 3.05) is 27.4 Å². The highest BCUT2D eigenvalue weighted by Crippen LogP contribution is 2.31. The fourth-order valence-electron chi connectivity index (χ4n) is 2.53. The van der Waals surface area contributed by atoms with Crippen LogP contribution in [-0.2, 0) is 6.54 Å². The molecule has 1 heterocycles. The van der Waals surface area contributed by atoms with Gasteiger partial charge in [0.05, 0.1) is 14.2 Å². The molecule has 0 amide bonds. The second kappa shape index (κ2) is 7.24. The summed E-state index contributed by atoms with van der Waals surface area (Å²) >= 11 is 0. The van der Waals surface area contributed by atoms with E-state index in [2.05, 4.69) is 5.32 Å². The second-order valence-corrected chi connectivity index (χ2v) is 5.32. The molecule has 5 heteroatoms. The molecular formula is C18H21NO4. The Balaban J connectivity index is 1.52. The molecule has 0 fully saturated rings. The Morgan fingerprint density at radius 3 is 2.61 bits per heavy atom. The molecule has 0 spiro atoms. The van der Waals surface area contributed by atoms with Gasteiger partial charge in [-0.3, -0.25) is 0 Å². The molecule has 0 aromatic heterocycles. The average Bonchev–Trinajstić information content (AvgIpc) is 2.61. The lowest BCUT2D eigenvalue weighted by molar-refractivity contribution is 0.0902. The Morgan fingerprint density at radius 1 is 1.04 bits per heavy atom. The van der Waals surface area contributed by atoms with Gasteiger partial charge in [-0.2, -0.15) is 0 Å². The summed E-state index contributed by atoms with van der Waals surface area (Å²) in [7, 11) is 3.27. The van der Waals surface area contributed by atoms with Crippen molar-refractivity contribution in [1.29, 1.82) is 0 Å². The summed E-state index contributed by atoms with van der Waals surface area (Å²) in [6, 6.07) is 13.6. The predicted octanol–water partition coefficient (Wildman–Crippen LogP) is 2.63. The molecule has 0 radical (unpaired) electrons. The van der Waals surface area contributed by atoms with Crippen molar-refractivity contribution in [1.82, 2.24) is 5.32 Å². The van der Waals surface area contributed by atoms with E-state index < -0.39 is 0 Å². The number of hydrogen-bond acceptors (Lipinski definition) is 5. The molecule has 1 unspecified atom stereocenters. The van der Waals surface area contributed by atoms with Gasteiger partial charge >= 0.3 is 0 Å². The van der Waals surface area contributed by atoms with E-state index in [-0.39, 0.29) is 6.10 Å². The minimum absolute atomic E-state index is 0.00467. The molecule has 0 bridgehead atoms. The van der Waals surface area contributed by atoms with Gasteiger partial charge in [0.2, 0.25) is 0 Å². The highest BCUT2D eigenvalue weighted by Gasteiger charge is 2.19. The van der Waals surface area contributed by atoms with Crippen molar-refractivity contribution >= 4 is 0 Å². The molecular weight excluding hydrogens is 294 g/mol. The fourth-order valence-corrected chi connectivity index (χ4v) is 2.53. The van der Waals surface area contributed by atoms with Crippen molar-refractivity contribution in [3.63, 3.8) is 0 Å². The third kappa shape index (κ3) is 3.68. The van der Waals surface area contributed by atoms with Gasteiger partial charge in [0.15, 0.2) is 23.0 Å². The molecule has 3 rings (SSSR count). The number of rotatable bonds is 6. The maximum Gasteiger partial charge on any atom is 0.161 e. The third-order valence-corrected chi connectivity index (χ3v) is 3.72. The molecule has 1 aliphatic heterocycles. The number of methoxy groups -OCH3 is 2. The highest BCUT2D eigenvalue weighted by molar-refractivity contribution is 5.43. The Kier molecular flexibility index (Phi) is 4.88. The first-order valence-electron chi connectivity index (χ1n) is 7.60. The molecule has 122 valence electrons. The van der Waals surface area contributed by atoms with Crippen LogP contribution in [-0.4, -0.2) is 33.5 Å². The summed E-state index contributed by atoms with van der Waals surface area (Å²) in [6.07, 6.45) is 0.00467. The zero-order chi connectivity index (χ0) is 16.1. The van der Waals surface area contributed by atoms with E-state index in [1.807, 2.05) is 42.5 Å². The molecule has 1 aliphatic rings. The predicted molar refractivity (Wildman–Crippen MR) is 87.6 cm³/mol. The quantitative estimate of drug-likeness (QED) is 0.888. The van der Waals surface area contributed by atoms with E-state index in [0.29, 0.717) is 13.2 Å². The summed E-state index contributed by atoms with van der Waals surface area (Å²) in [5.74, 6) is 3.08. The summed E-state index contributed by atoms with van der Waals surface area (Å²) in [6.45, 7) is 1.99. The van der Waals surface area contributed by atoms with Crippen LogP contribution in [0.15, 0.2) is 42.5 Å². The topological polar surface area (TPSA) is 49.0 Å². The zero-order valence-corrected chi connectivity index (χ0v) is 13.4. The van der Waals surface area contributed by atoms with Crippen LogP contribution in [0.1, 0.15) is 5.56 Å². The molecule has 1 atom stereocenters. The van der Waals surface area contributed by atoms with Crippen LogP contribution in [0.3, 0.4) is 0 Å². The van der Waals surface area contributed by atoms with Gasteiger partial charge in [-0.25, -0.2) is 0 Å². The average molecular weight is 315 g/mol. The van der Waals surface area contributed by atoms with E-state index in [9.17, 15) is 0 Å². The molecule has 0 aliphatic carbocycles. The largest absolute Gasteiger partial charge is 0.493 e. The van der Waals surface area contributed by atoms with Crippen LogP contribution in [0.2, 0.25) is 0 Å². The van der Waals surface area contributed by atoms with Gasteiger partial charge in [-0.15, -0.1) is 0 Å². The molecule has 2 aromatic rings. The van der Waals surface area contributed by atoms with Gasteiger partial charge in [0.25, 0.3) is 0 Å². The third-order valence-electron chi connectivity index (χ3n) is 3.72. The highest BCUT2D eigenvalue weighted by atomic mass is 16.6. The minimum atomic E-state index is 0.00467. The zero-order valence-electron chi connectivity index (χ0n) is 13.4. The van der Waals surface area contributed by atoms with Gasteiger partial charge in [0, 0.05) is 13.1 Å². The molecule has 0 saturated carbocycles. The Labute approximate surface area is 136 Å². The number of para-hydroxylation sites is 2. The summed E-state index contributed by atoms with van der Waals surface area (Å²) in [5.41, 5.74) is 1.12. The molecule has 5 nitrogen and oxygen atoms in total. The van der Waals surface area contributed by atoms with Crippen LogP contribution >= 0.6 is 0 Å². The Bertz CT molecular complexity index is 659. The minimum Gasteiger partial charge on any atom is -0.493 e. The lowest BCUT2D eigenvalue weighted by Crippen LogP contribution is -2.38. The van der Waals surface area contributed by atoms with Crippen LogP contribution < -0.4 is 24.3 Å². The lowest BCUT2D eigenvalue weighted by Gasteiger charge is -2.26. The van der Waals surface area contributed by atoms with Crippen LogP contribution in [0, 0.1) is 0 Å². The standard InChI is InChI=1S/C18H21NO4/c1-20-15-8-7-13(9-18(15)21-2)10-19-11-14-12-22-16-5-3-4-6-17(16)23-14/h3-9,14,19H,10-12H2,1-2H3. The first-order chi connectivity index (χ1) is 11.3.